The van der Waals surface area contributed by atoms with E-state index in [0.29, 0.717) is 23.1 Å². The van der Waals surface area contributed by atoms with E-state index in [9.17, 15) is 9.18 Å². The molecule has 1 unspecified atom stereocenters. The van der Waals surface area contributed by atoms with E-state index < -0.39 is 22.7 Å². The highest BCUT2D eigenvalue weighted by Gasteiger charge is 2.26. The molecule has 1 aromatic heterocycles. The highest BCUT2D eigenvalue weighted by atomic mass is 32.2. The average Bonchev–Trinajstić information content (AvgIpc) is 2.68. The smallest absolute Gasteiger partial charge is 0.272 e. The lowest BCUT2D eigenvalue weighted by molar-refractivity contribution is -0.125. The summed E-state index contributed by atoms with van der Waals surface area (Å²) in [6.07, 6.45) is 8.59. The second-order valence-corrected chi connectivity index (χ2v) is 7.48. The molecule has 1 amide bonds. The van der Waals surface area contributed by atoms with Crippen molar-refractivity contribution >= 4 is 28.6 Å². The number of pyridine rings is 1. The van der Waals surface area contributed by atoms with Crippen LogP contribution < -0.4 is 10.1 Å². The Kier molecular flexibility index (Phi) is 7.90. The monoisotopic (exact) mass is 414 g/mol. The Bertz CT molecular complexity index is 989. The maximum absolute atomic E-state index is 14.5. The summed E-state index contributed by atoms with van der Waals surface area (Å²) in [6, 6.07) is 4.45. The summed E-state index contributed by atoms with van der Waals surface area (Å²) >= 11 is 1.15. The van der Waals surface area contributed by atoms with Crippen molar-refractivity contribution in [1.82, 2.24) is 10.3 Å². The second-order valence-electron chi connectivity index (χ2n) is 6.58. The fraction of sp³-hybridized carbons (Fsp3) is 0.364. The lowest BCUT2D eigenvalue weighted by atomic mass is 10.1. The quantitative estimate of drug-likeness (QED) is 0.428. The van der Waals surface area contributed by atoms with Gasteiger partial charge in [0.05, 0.1) is 11.1 Å². The van der Waals surface area contributed by atoms with Crippen LogP contribution in [0.2, 0.25) is 0 Å². The molecule has 0 saturated carbocycles. The van der Waals surface area contributed by atoms with Crippen LogP contribution in [0.1, 0.15) is 26.3 Å². The summed E-state index contributed by atoms with van der Waals surface area (Å²) in [7, 11) is 0. The Morgan fingerprint density at radius 3 is 2.83 bits per heavy atom. The van der Waals surface area contributed by atoms with E-state index in [1.54, 1.807) is 26.2 Å². The number of thioether (sulfide) groups is 1. The number of aromatic nitrogens is 1. The van der Waals surface area contributed by atoms with Gasteiger partial charge in [-0.2, -0.15) is 0 Å². The summed E-state index contributed by atoms with van der Waals surface area (Å²) < 4.78 is 25.3. The van der Waals surface area contributed by atoms with Crippen LogP contribution in [0.25, 0.3) is 10.9 Å². The molecule has 0 radical (unpaired) electrons. The molecule has 0 aliphatic carbocycles. The Balaban J connectivity index is 2.17. The van der Waals surface area contributed by atoms with Gasteiger partial charge in [0.1, 0.15) is 6.61 Å². The number of nitrogens with zero attached hydrogens (tertiary/aromatic N) is 1. The number of amides is 1. The molecule has 0 aliphatic heterocycles. The first-order chi connectivity index (χ1) is 13.8. The van der Waals surface area contributed by atoms with Crippen molar-refractivity contribution < 1.29 is 18.7 Å². The van der Waals surface area contributed by atoms with Gasteiger partial charge in [-0.05, 0) is 39.2 Å². The predicted octanol–water partition coefficient (Wildman–Crippen LogP) is 3.36. The van der Waals surface area contributed by atoms with Gasteiger partial charge in [-0.25, -0.2) is 4.39 Å². The van der Waals surface area contributed by atoms with E-state index in [1.165, 1.54) is 18.3 Å². The Morgan fingerprint density at radius 1 is 1.41 bits per heavy atom. The molecule has 0 fully saturated rings. The van der Waals surface area contributed by atoms with Crippen molar-refractivity contribution in [3.63, 3.8) is 0 Å². The molecule has 1 aromatic carbocycles. The number of hydrogen-bond donors (Lipinski definition) is 1. The zero-order valence-electron chi connectivity index (χ0n) is 16.8. The summed E-state index contributed by atoms with van der Waals surface area (Å²) in [5.41, 5.74) is -0.732. The van der Waals surface area contributed by atoms with E-state index in [2.05, 4.69) is 28.1 Å². The number of carbonyl (C=O) groups excluding carboxylic acids is 1. The molecule has 2 aromatic rings. The third-order valence-corrected chi connectivity index (χ3v) is 4.52. The topological polar surface area (TPSA) is 60.5 Å². The molecule has 152 valence electrons. The molecule has 0 saturated heterocycles. The molecular formula is C22H23FN2O3S. The third kappa shape index (κ3) is 6.39. The van der Waals surface area contributed by atoms with Crippen molar-refractivity contribution in [2.45, 2.75) is 31.7 Å². The van der Waals surface area contributed by atoms with Crippen molar-refractivity contribution in [3.05, 3.63) is 35.8 Å². The minimum Gasteiger partial charge on any atom is -0.467 e. The number of ether oxygens (including phenoxy) is 2. The number of nitrogens with one attached hydrogen (secondary N) is 1. The van der Waals surface area contributed by atoms with E-state index >= 15 is 0 Å². The Labute approximate surface area is 174 Å². The Morgan fingerprint density at radius 2 is 2.17 bits per heavy atom. The van der Waals surface area contributed by atoms with Crippen LogP contribution in [-0.2, 0) is 9.53 Å². The van der Waals surface area contributed by atoms with E-state index in [-0.39, 0.29) is 12.4 Å². The first-order valence-corrected chi connectivity index (χ1v) is 10.2. The highest BCUT2D eigenvalue weighted by Crippen LogP contribution is 2.27. The summed E-state index contributed by atoms with van der Waals surface area (Å²) in [5, 5.41) is 3.43. The van der Waals surface area contributed by atoms with Gasteiger partial charge in [-0.3, -0.25) is 9.78 Å². The van der Waals surface area contributed by atoms with Crippen molar-refractivity contribution in [1.29, 1.82) is 0 Å². The van der Waals surface area contributed by atoms with Crippen molar-refractivity contribution in [3.8, 4) is 29.9 Å². The van der Waals surface area contributed by atoms with Crippen LogP contribution in [-0.4, -0.2) is 41.3 Å². The van der Waals surface area contributed by atoms with Crippen LogP contribution in [0.3, 0.4) is 0 Å². The number of hydrogen-bond acceptors (Lipinski definition) is 5. The first kappa shape index (κ1) is 22.5. The SMILES string of the molecule is C#Cc1cnc2cc(F)c(OC(SC)C(=O)NC(C)(C)C#CCOCC)cc2c1. The van der Waals surface area contributed by atoms with Gasteiger partial charge in [0.25, 0.3) is 5.91 Å². The number of fused-ring (bicyclic) bond motifs is 1. The molecule has 1 atom stereocenters. The molecular weight excluding hydrogens is 391 g/mol. The van der Waals surface area contributed by atoms with E-state index in [0.717, 1.165) is 11.8 Å². The molecule has 1 N–H and O–H groups in total. The molecule has 29 heavy (non-hydrogen) atoms. The van der Waals surface area contributed by atoms with Crippen LogP contribution in [0.15, 0.2) is 24.4 Å². The molecule has 1 heterocycles. The second kappa shape index (κ2) is 10.2. The predicted molar refractivity (Wildman–Crippen MR) is 114 cm³/mol. The van der Waals surface area contributed by atoms with Crippen molar-refractivity contribution in [2.24, 2.45) is 0 Å². The van der Waals surface area contributed by atoms with Gasteiger partial charge in [0, 0.05) is 29.8 Å². The van der Waals surface area contributed by atoms with Crippen molar-refractivity contribution in [2.75, 3.05) is 19.5 Å². The minimum atomic E-state index is -0.960. The minimum absolute atomic E-state index is 0.0526. The number of rotatable bonds is 7. The van der Waals surface area contributed by atoms with E-state index in [4.69, 9.17) is 15.9 Å². The van der Waals surface area contributed by atoms with Gasteiger partial charge in [-0.15, -0.1) is 18.2 Å². The molecule has 5 nitrogen and oxygen atoms in total. The lowest BCUT2D eigenvalue weighted by Crippen LogP contribution is -2.47. The highest BCUT2D eigenvalue weighted by molar-refractivity contribution is 7.99. The third-order valence-electron chi connectivity index (χ3n) is 3.78. The average molecular weight is 415 g/mol. The molecule has 0 aliphatic rings. The summed E-state index contributed by atoms with van der Waals surface area (Å²) in [6.45, 7) is 6.27. The van der Waals surface area contributed by atoms with Crippen LogP contribution in [0.4, 0.5) is 4.39 Å². The van der Waals surface area contributed by atoms with Gasteiger partial charge in [0.2, 0.25) is 5.44 Å². The van der Waals surface area contributed by atoms with Crippen LogP contribution >= 0.6 is 11.8 Å². The summed E-state index contributed by atoms with van der Waals surface area (Å²) in [5.74, 6) is 7.21. The van der Waals surface area contributed by atoms with Gasteiger partial charge < -0.3 is 14.8 Å². The van der Waals surface area contributed by atoms with Gasteiger partial charge >= 0.3 is 0 Å². The molecule has 0 bridgehead atoms. The largest absolute Gasteiger partial charge is 0.467 e. The van der Waals surface area contributed by atoms with Gasteiger partial charge in [-0.1, -0.05) is 17.8 Å². The number of carbonyl (C=O) groups is 1. The van der Waals surface area contributed by atoms with Crippen LogP contribution in [0, 0.1) is 30.0 Å². The zero-order chi connectivity index (χ0) is 21.4. The maximum Gasteiger partial charge on any atom is 0.272 e. The number of terminal acetylenes is 1. The van der Waals surface area contributed by atoms with E-state index in [1.807, 2.05) is 6.92 Å². The number of halogens is 1. The number of benzene rings is 1. The standard InChI is InChI=1S/C22H23FN2O3S/c1-6-15-11-16-12-19(17(23)13-18(16)24-14-15)28-21(29-5)20(26)25-22(3,4)9-8-10-27-7-2/h1,11-14,21H,7,10H2,2-5H3,(H,25,26). The normalized spacial score (nSPS) is 11.9. The first-order valence-electron chi connectivity index (χ1n) is 8.94. The molecule has 0 spiro atoms. The summed E-state index contributed by atoms with van der Waals surface area (Å²) in [4.78, 5) is 16.8. The lowest BCUT2D eigenvalue weighted by Gasteiger charge is -2.24. The fourth-order valence-corrected chi connectivity index (χ4v) is 2.90. The van der Waals surface area contributed by atoms with Gasteiger partial charge in [0.15, 0.2) is 11.6 Å². The maximum atomic E-state index is 14.5. The molecule has 2 rings (SSSR count). The molecule has 7 heteroatoms. The fourth-order valence-electron chi connectivity index (χ4n) is 2.43. The van der Waals surface area contributed by atoms with Crippen LogP contribution in [0.5, 0.6) is 5.75 Å². The Hall–Kier alpha value is -2.74. The zero-order valence-corrected chi connectivity index (χ0v) is 17.7.